The minimum atomic E-state index is -0.657. The quantitative estimate of drug-likeness (QED) is 0.631. The van der Waals surface area contributed by atoms with Crippen molar-refractivity contribution >= 4 is 35.1 Å². The second-order valence-corrected chi connectivity index (χ2v) is 8.23. The highest BCUT2D eigenvalue weighted by molar-refractivity contribution is 6.29. The van der Waals surface area contributed by atoms with E-state index in [1.54, 1.807) is 12.3 Å². The first-order chi connectivity index (χ1) is 16.1. The first-order valence-electron chi connectivity index (χ1n) is 11.4. The summed E-state index contributed by atoms with van der Waals surface area (Å²) in [6.45, 7) is 6.77. The zero-order valence-corrected chi connectivity index (χ0v) is 18.9. The number of phenolic OH excluding ortho intramolecular Hbond substituents is 1. The van der Waals surface area contributed by atoms with Crippen LogP contribution in [0.25, 0.3) is 16.5 Å². The Labute approximate surface area is 193 Å². The molecule has 0 amide bonds. The molecule has 2 N–H and O–H groups in total. The molecule has 0 radical (unpaired) electrons. The van der Waals surface area contributed by atoms with Crippen molar-refractivity contribution in [3.63, 3.8) is 0 Å². The van der Waals surface area contributed by atoms with Gasteiger partial charge in [-0.3, -0.25) is 9.98 Å². The maximum atomic E-state index is 16.0. The molecule has 2 aliphatic rings. The lowest BCUT2D eigenvalue weighted by Crippen LogP contribution is -2.27. The van der Waals surface area contributed by atoms with Gasteiger partial charge in [0.2, 0.25) is 0 Å². The van der Waals surface area contributed by atoms with Crippen LogP contribution in [0.15, 0.2) is 62.5 Å². The monoisotopic (exact) mass is 448 g/mol. The van der Waals surface area contributed by atoms with E-state index in [0.717, 1.165) is 61.5 Å². The Balaban J connectivity index is 1.90. The number of fused-ring (bicyclic) bond motifs is 1. The summed E-state index contributed by atoms with van der Waals surface area (Å²) in [5.74, 6) is -0.103. The van der Waals surface area contributed by atoms with Crippen LogP contribution in [-0.2, 0) is 6.42 Å². The van der Waals surface area contributed by atoms with Crippen molar-refractivity contribution in [2.45, 2.75) is 39.0 Å². The number of benzene rings is 2. The number of aryl methyl sites for hydroxylation is 1. The molecule has 0 saturated carbocycles. The van der Waals surface area contributed by atoms with Gasteiger partial charge in [-0.15, -0.1) is 0 Å². The number of aliphatic hydroxyl groups is 1. The molecular weight excluding hydrogens is 419 g/mol. The van der Waals surface area contributed by atoms with Crippen LogP contribution in [0.5, 0.6) is 5.75 Å². The highest BCUT2D eigenvalue weighted by atomic mass is 19.1. The second kappa shape index (κ2) is 10.1. The minimum absolute atomic E-state index is 0.000352. The zero-order chi connectivity index (χ0) is 23.4. The van der Waals surface area contributed by atoms with Crippen molar-refractivity contribution < 1.29 is 14.6 Å². The molecule has 2 aliphatic heterocycles. The fraction of sp³-hybridized carbons (Fsp3) is 0.346. The van der Waals surface area contributed by atoms with Crippen LogP contribution in [-0.4, -0.2) is 53.6 Å². The van der Waals surface area contributed by atoms with Crippen LogP contribution in [0.3, 0.4) is 0 Å². The Bertz CT molecular complexity index is 1190. The van der Waals surface area contributed by atoms with E-state index in [9.17, 15) is 10.2 Å². The van der Waals surface area contributed by atoms with Crippen LogP contribution in [0, 0.1) is 0 Å². The van der Waals surface area contributed by atoms with Gasteiger partial charge >= 0.3 is 0 Å². The smallest absolute Gasteiger partial charge is 0.175 e. The molecule has 172 valence electrons. The number of halogens is 1. The maximum Gasteiger partial charge on any atom is 0.175 e. The lowest BCUT2D eigenvalue weighted by molar-refractivity contribution is 0.309. The van der Waals surface area contributed by atoms with Gasteiger partial charge in [0.05, 0.1) is 5.57 Å². The van der Waals surface area contributed by atoms with Crippen molar-refractivity contribution in [2.75, 3.05) is 19.8 Å². The third-order valence-corrected chi connectivity index (χ3v) is 6.20. The number of phenols is 1. The summed E-state index contributed by atoms with van der Waals surface area (Å²) in [6, 6.07) is 8.98. The molecule has 2 aromatic rings. The standard InChI is InChI=1S/C26H29FN4O2/c1-3-17-9-8-10-18-13-19(33)14-20(22(17)18)24-23(27)25(30-16-32)21(15-29-24)26(28-2)31-11-6-4-5-7-12-31/h8-10,13-15,32-33H,2-7,11-12,16H2,1H3/b26-21+,30-25+. The van der Waals surface area contributed by atoms with E-state index in [2.05, 4.69) is 26.6 Å². The molecule has 0 aromatic heterocycles. The van der Waals surface area contributed by atoms with Crippen molar-refractivity contribution in [1.29, 1.82) is 0 Å². The normalized spacial score (nSPS) is 19.8. The molecule has 2 aromatic carbocycles. The summed E-state index contributed by atoms with van der Waals surface area (Å²) in [5.41, 5.74) is 2.00. The molecule has 2 heterocycles. The number of hydrogen-bond donors (Lipinski definition) is 2. The van der Waals surface area contributed by atoms with Gasteiger partial charge in [0, 0.05) is 24.9 Å². The number of likely N-dealkylation sites (tertiary alicyclic amines) is 1. The molecule has 7 heteroatoms. The summed E-state index contributed by atoms with van der Waals surface area (Å²) in [4.78, 5) is 14.8. The summed E-state index contributed by atoms with van der Waals surface area (Å²) in [5, 5.41) is 21.5. The molecule has 4 rings (SSSR count). The topological polar surface area (TPSA) is 80.8 Å². The van der Waals surface area contributed by atoms with Gasteiger partial charge in [-0.1, -0.05) is 38.0 Å². The second-order valence-electron chi connectivity index (χ2n) is 8.23. The van der Waals surface area contributed by atoms with E-state index in [1.807, 2.05) is 25.1 Å². The molecule has 0 unspecified atom stereocenters. The highest BCUT2D eigenvalue weighted by Gasteiger charge is 2.28. The van der Waals surface area contributed by atoms with Gasteiger partial charge in [0.1, 0.15) is 29.7 Å². The van der Waals surface area contributed by atoms with E-state index in [1.165, 1.54) is 6.07 Å². The Morgan fingerprint density at radius 3 is 2.61 bits per heavy atom. The molecule has 1 saturated heterocycles. The lowest BCUT2D eigenvalue weighted by atomic mass is 9.93. The highest BCUT2D eigenvalue weighted by Crippen LogP contribution is 2.37. The zero-order valence-electron chi connectivity index (χ0n) is 18.9. The molecule has 0 aliphatic carbocycles. The summed E-state index contributed by atoms with van der Waals surface area (Å²) in [7, 11) is 0. The van der Waals surface area contributed by atoms with Crippen molar-refractivity contribution in [3.8, 4) is 5.75 Å². The van der Waals surface area contributed by atoms with E-state index < -0.39 is 12.6 Å². The van der Waals surface area contributed by atoms with Gasteiger partial charge in [-0.05, 0) is 54.4 Å². The number of hydrogen-bond acceptors (Lipinski definition) is 6. The average Bonchev–Trinajstić information content (AvgIpc) is 3.10. The number of aliphatic imine (C=N–C) groups is 3. The predicted molar refractivity (Wildman–Crippen MR) is 133 cm³/mol. The van der Waals surface area contributed by atoms with E-state index >= 15 is 4.39 Å². The van der Waals surface area contributed by atoms with Crippen LogP contribution in [0.1, 0.15) is 43.7 Å². The Morgan fingerprint density at radius 1 is 1.18 bits per heavy atom. The van der Waals surface area contributed by atoms with Crippen LogP contribution in [0.2, 0.25) is 0 Å². The molecule has 0 spiro atoms. The van der Waals surface area contributed by atoms with Gasteiger partial charge in [-0.2, -0.15) is 0 Å². The fourth-order valence-electron chi connectivity index (χ4n) is 4.66. The lowest BCUT2D eigenvalue weighted by Gasteiger charge is -2.26. The number of aliphatic hydroxyl groups excluding tert-OH is 1. The van der Waals surface area contributed by atoms with Crippen LogP contribution in [0.4, 0.5) is 4.39 Å². The van der Waals surface area contributed by atoms with Gasteiger partial charge in [0.15, 0.2) is 5.83 Å². The Kier molecular flexibility index (Phi) is 6.99. The third kappa shape index (κ3) is 4.46. The summed E-state index contributed by atoms with van der Waals surface area (Å²) >= 11 is 0. The summed E-state index contributed by atoms with van der Waals surface area (Å²) in [6.07, 6.45) is 6.63. The Hall–Kier alpha value is -3.32. The van der Waals surface area contributed by atoms with Crippen molar-refractivity contribution in [3.05, 3.63) is 58.7 Å². The molecule has 6 nitrogen and oxygen atoms in total. The number of aromatic hydroxyl groups is 1. The molecule has 33 heavy (non-hydrogen) atoms. The van der Waals surface area contributed by atoms with Crippen molar-refractivity contribution in [2.24, 2.45) is 15.0 Å². The first-order valence-corrected chi connectivity index (χ1v) is 11.4. The average molecular weight is 449 g/mol. The van der Waals surface area contributed by atoms with Crippen molar-refractivity contribution in [1.82, 2.24) is 4.90 Å². The fourth-order valence-corrected chi connectivity index (χ4v) is 4.66. The Morgan fingerprint density at radius 2 is 1.94 bits per heavy atom. The number of nitrogens with zero attached hydrogens (tertiary/aromatic N) is 4. The molecular formula is C26H29FN4O2. The first kappa shape index (κ1) is 22.9. The SMILES string of the molecule is C=N/C(=C1/C=NC(c2cc(O)cc3cccc(CC)c23)=C(F)/C1=N/CO)N1CCCCCC1. The van der Waals surface area contributed by atoms with Gasteiger partial charge in [-0.25, -0.2) is 9.38 Å². The van der Waals surface area contributed by atoms with Crippen LogP contribution >= 0.6 is 0 Å². The predicted octanol–water partition coefficient (Wildman–Crippen LogP) is 5.01. The minimum Gasteiger partial charge on any atom is -0.508 e. The largest absolute Gasteiger partial charge is 0.508 e. The third-order valence-electron chi connectivity index (χ3n) is 6.20. The molecule has 0 atom stereocenters. The summed E-state index contributed by atoms with van der Waals surface area (Å²) < 4.78 is 16.0. The number of rotatable bonds is 5. The van der Waals surface area contributed by atoms with Crippen LogP contribution < -0.4 is 0 Å². The maximum absolute atomic E-state index is 16.0. The van der Waals surface area contributed by atoms with Gasteiger partial charge in [0.25, 0.3) is 0 Å². The van der Waals surface area contributed by atoms with E-state index in [0.29, 0.717) is 17.0 Å². The number of allylic oxidation sites excluding steroid dienone is 2. The molecule has 1 fully saturated rings. The van der Waals surface area contributed by atoms with Gasteiger partial charge < -0.3 is 15.1 Å². The van der Waals surface area contributed by atoms with E-state index in [4.69, 9.17) is 0 Å². The molecule has 0 bridgehead atoms. The van der Waals surface area contributed by atoms with E-state index in [-0.39, 0.29) is 17.2 Å².